The molecule has 2 aromatic heterocycles. The first-order chi connectivity index (χ1) is 18.1. The van der Waals surface area contributed by atoms with Crippen LogP contribution < -0.4 is 10.2 Å². The summed E-state index contributed by atoms with van der Waals surface area (Å²) in [7, 11) is 0. The van der Waals surface area contributed by atoms with Gasteiger partial charge >= 0.3 is 0 Å². The number of nitrogens with zero attached hydrogens (tertiary/aromatic N) is 5. The van der Waals surface area contributed by atoms with Gasteiger partial charge in [-0.15, -0.1) is 11.3 Å². The van der Waals surface area contributed by atoms with Crippen molar-refractivity contribution in [1.29, 1.82) is 5.26 Å². The molecule has 37 heavy (non-hydrogen) atoms. The van der Waals surface area contributed by atoms with Gasteiger partial charge in [-0.1, -0.05) is 22.0 Å². The van der Waals surface area contributed by atoms with Gasteiger partial charge in [0.2, 0.25) is 5.91 Å². The topological polar surface area (TPSA) is 85.2 Å². The van der Waals surface area contributed by atoms with Crippen LogP contribution in [-0.4, -0.2) is 47.0 Å². The average Bonchev–Trinajstić information content (AvgIpc) is 3.32. The molecular formula is C28H25BrN6OS. The number of halogens is 1. The van der Waals surface area contributed by atoms with Crippen molar-refractivity contribution in [3.63, 3.8) is 0 Å². The number of piperazine rings is 1. The third-order valence-corrected chi connectivity index (χ3v) is 8.89. The highest BCUT2D eigenvalue weighted by molar-refractivity contribution is 9.10. The summed E-state index contributed by atoms with van der Waals surface area (Å²) in [5, 5.41) is 13.6. The predicted molar refractivity (Wildman–Crippen MR) is 150 cm³/mol. The van der Waals surface area contributed by atoms with Crippen molar-refractivity contribution in [2.75, 3.05) is 36.4 Å². The van der Waals surface area contributed by atoms with Crippen molar-refractivity contribution in [2.24, 2.45) is 5.92 Å². The van der Waals surface area contributed by atoms with E-state index in [1.54, 1.807) is 17.7 Å². The summed E-state index contributed by atoms with van der Waals surface area (Å²) >= 11 is 5.22. The molecule has 9 heteroatoms. The number of hydrogen-bond donors (Lipinski definition) is 1. The Labute approximate surface area is 227 Å². The van der Waals surface area contributed by atoms with Crippen LogP contribution in [0.4, 0.5) is 17.2 Å². The number of carbonyl (C=O) groups excluding carboxylic acids is 1. The highest BCUT2D eigenvalue weighted by Crippen LogP contribution is 2.41. The van der Waals surface area contributed by atoms with Gasteiger partial charge in [0.25, 0.3) is 0 Å². The molecule has 2 aliphatic rings. The number of carbonyl (C=O) groups is 1. The number of aromatic nitrogens is 2. The standard InChI is InChI=1S/C28H25BrN6OS/c29-20-2-1-3-21(15-20)33-26-25-23-9-6-19(14-24(23)37-27(25)32-17-31-26)28(36)35-12-10-34(11-13-35)22-7-4-18(16-30)5-8-22/h1-5,7-8,15,17,19H,6,9-14H2,(H,31,32,33). The van der Waals surface area contributed by atoms with Gasteiger partial charge in [0.1, 0.15) is 17.0 Å². The van der Waals surface area contributed by atoms with Gasteiger partial charge in [0.05, 0.1) is 17.0 Å². The van der Waals surface area contributed by atoms with Crippen LogP contribution in [0.3, 0.4) is 0 Å². The van der Waals surface area contributed by atoms with Crippen LogP contribution in [0.15, 0.2) is 59.3 Å². The van der Waals surface area contributed by atoms with Crippen molar-refractivity contribution in [2.45, 2.75) is 19.3 Å². The van der Waals surface area contributed by atoms with E-state index in [2.05, 4.69) is 42.2 Å². The Morgan fingerprint density at radius 2 is 1.92 bits per heavy atom. The first-order valence-electron chi connectivity index (χ1n) is 12.4. The lowest BCUT2D eigenvalue weighted by molar-refractivity contribution is -0.136. The van der Waals surface area contributed by atoms with Gasteiger partial charge in [0.15, 0.2) is 0 Å². The van der Waals surface area contributed by atoms with Gasteiger partial charge in [0, 0.05) is 52.8 Å². The summed E-state index contributed by atoms with van der Waals surface area (Å²) < 4.78 is 1.01. The average molecular weight is 574 g/mol. The maximum Gasteiger partial charge on any atom is 0.226 e. The predicted octanol–water partition coefficient (Wildman–Crippen LogP) is 5.52. The number of nitrogens with one attached hydrogen (secondary N) is 1. The molecule has 0 saturated carbocycles. The number of benzene rings is 2. The zero-order valence-corrected chi connectivity index (χ0v) is 22.6. The summed E-state index contributed by atoms with van der Waals surface area (Å²) in [5.41, 5.74) is 4.02. The number of rotatable bonds is 4. The molecule has 1 N–H and O–H groups in total. The molecule has 1 atom stereocenters. The molecule has 7 nitrogen and oxygen atoms in total. The third-order valence-electron chi connectivity index (χ3n) is 7.23. The number of hydrogen-bond acceptors (Lipinski definition) is 7. The second-order valence-corrected chi connectivity index (χ2v) is 11.5. The van der Waals surface area contributed by atoms with Gasteiger partial charge in [-0.25, -0.2) is 9.97 Å². The highest BCUT2D eigenvalue weighted by atomic mass is 79.9. The number of aryl methyl sites for hydroxylation is 1. The van der Waals surface area contributed by atoms with Crippen LogP contribution in [0, 0.1) is 17.2 Å². The van der Waals surface area contributed by atoms with E-state index < -0.39 is 0 Å². The maximum atomic E-state index is 13.5. The lowest BCUT2D eigenvalue weighted by Crippen LogP contribution is -2.51. The Hall–Kier alpha value is -3.48. The van der Waals surface area contributed by atoms with E-state index in [9.17, 15) is 4.79 Å². The van der Waals surface area contributed by atoms with E-state index >= 15 is 0 Å². The first kappa shape index (κ1) is 23.9. The van der Waals surface area contributed by atoms with Crippen LogP contribution in [-0.2, 0) is 17.6 Å². The molecule has 2 aromatic carbocycles. The number of fused-ring (bicyclic) bond motifs is 3. The molecule has 0 spiro atoms. The fraction of sp³-hybridized carbons (Fsp3) is 0.286. The van der Waals surface area contributed by atoms with E-state index in [0.717, 1.165) is 77.3 Å². The largest absolute Gasteiger partial charge is 0.368 e. The summed E-state index contributed by atoms with van der Waals surface area (Å²) in [6, 6.07) is 17.9. The molecule has 0 radical (unpaired) electrons. The first-order valence-corrected chi connectivity index (χ1v) is 14.0. The van der Waals surface area contributed by atoms with E-state index in [1.807, 2.05) is 53.4 Å². The van der Waals surface area contributed by atoms with Crippen LogP contribution in [0.1, 0.15) is 22.4 Å². The quantitative estimate of drug-likeness (QED) is 0.346. The Morgan fingerprint density at radius 1 is 1.11 bits per heavy atom. The minimum Gasteiger partial charge on any atom is -0.368 e. The van der Waals surface area contributed by atoms with Gasteiger partial charge in [-0.05, 0) is 67.3 Å². The lowest BCUT2D eigenvalue weighted by Gasteiger charge is -2.38. The van der Waals surface area contributed by atoms with Crippen LogP contribution in [0.5, 0.6) is 0 Å². The molecule has 6 rings (SSSR count). The minimum absolute atomic E-state index is 0.0106. The molecule has 1 aliphatic carbocycles. The Kier molecular flexibility index (Phi) is 6.53. The number of amides is 1. The SMILES string of the molecule is N#Cc1ccc(N2CCN(C(=O)C3CCc4c(sc5ncnc(Nc6cccc(Br)c6)c45)C3)CC2)cc1. The van der Waals surface area contributed by atoms with E-state index in [-0.39, 0.29) is 11.8 Å². The fourth-order valence-electron chi connectivity index (χ4n) is 5.31. The third kappa shape index (κ3) is 4.79. The molecule has 4 aromatic rings. The molecule has 1 amide bonds. The summed E-state index contributed by atoms with van der Waals surface area (Å²) in [5.74, 6) is 1.10. The van der Waals surface area contributed by atoms with Gasteiger partial charge in [-0.2, -0.15) is 5.26 Å². The minimum atomic E-state index is 0.0106. The maximum absolute atomic E-state index is 13.5. The van der Waals surface area contributed by atoms with Crippen LogP contribution in [0.25, 0.3) is 10.2 Å². The molecule has 1 aliphatic heterocycles. The monoisotopic (exact) mass is 572 g/mol. The molecule has 1 saturated heterocycles. The molecule has 0 bridgehead atoms. The lowest BCUT2D eigenvalue weighted by atomic mass is 9.86. The van der Waals surface area contributed by atoms with Crippen LogP contribution >= 0.6 is 27.3 Å². The van der Waals surface area contributed by atoms with Crippen molar-refractivity contribution in [1.82, 2.24) is 14.9 Å². The zero-order chi connectivity index (χ0) is 25.4. The van der Waals surface area contributed by atoms with Gasteiger partial charge < -0.3 is 15.1 Å². The fourth-order valence-corrected chi connectivity index (χ4v) is 6.98. The summed E-state index contributed by atoms with van der Waals surface area (Å²) in [4.78, 5) is 29.1. The smallest absolute Gasteiger partial charge is 0.226 e. The Balaban J connectivity index is 1.14. The van der Waals surface area contributed by atoms with E-state index in [1.165, 1.54) is 10.4 Å². The van der Waals surface area contributed by atoms with E-state index in [4.69, 9.17) is 5.26 Å². The van der Waals surface area contributed by atoms with Crippen molar-refractivity contribution < 1.29 is 4.79 Å². The van der Waals surface area contributed by atoms with Crippen molar-refractivity contribution in [3.8, 4) is 6.07 Å². The van der Waals surface area contributed by atoms with Gasteiger partial charge in [-0.3, -0.25) is 4.79 Å². The molecular weight excluding hydrogens is 548 g/mol. The molecule has 1 fully saturated rings. The molecule has 1 unspecified atom stereocenters. The zero-order valence-electron chi connectivity index (χ0n) is 20.2. The van der Waals surface area contributed by atoms with Crippen LogP contribution in [0.2, 0.25) is 0 Å². The normalized spacial score (nSPS) is 17.4. The number of anilines is 3. The number of thiophene rings is 1. The van der Waals surface area contributed by atoms with E-state index in [0.29, 0.717) is 5.56 Å². The summed E-state index contributed by atoms with van der Waals surface area (Å²) in [6.45, 7) is 3.05. The molecule has 3 heterocycles. The summed E-state index contributed by atoms with van der Waals surface area (Å²) in [6.07, 6.45) is 4.08. The second-order valence-electron chi connectivity index (χ2n) is 9.45. The Bertz CT molecular complexity index is 1500. The number of nitriles is 1. The second kappa shape index (κ2) is 10.1. The van der Waals surface area contributed by atoms with Crippen molar-refractivity contribution in [3.05, 3.63) is 75.3 Å². The Morgan fingerprint density at radius 3 is 2.68 bits per heavy atom. The highest BCUT2D eigenvalue weighted by Gasteiger charge is 2.33. The molecule has 186 valence electrons. The van der Waals surface area contributed by atoms with Crippen molar-refractivity contribution >= 4 is 60.6 Å².